The number of fused-ring (bicyclic) bond motifs is 1. The van der Waals surface area contributed by atoms with E-state index in [2.05, 4.69) is 34.9 Å². The lowest BCUT2D eigenvalue weighted by molar-refractivity contribution is -0.115. The summed E-state index contributed by atoms with van der Waals surface area (Å²) in [5, 5.41) is 6.23. The minimum absolute atomic E-state index is 0.162. The predicted octanol–water partition coefficient (Wildman–Crippen LogP) is 8.27. The Kier molecular flexibility index (Phi) is 10.00. The van der Waals surface area contributed by atoms with Crippen LogP contribution in [0.25, 0.3) is 0 Å². The van der Waals surface area contributed by atoms with Crippen LogP contribution in [0.1, 0.15) is 74.9 Å². The number of thiophene rings is 1. The molecule has 0 radical (unpaired) electrons. The third-order valence-electron chi connectivity index (χ3n) is 7.57. The van der Waals surface area contributed by atoms with E-state index in [-0.39, 0.29) is 24.4 Å². The van der Waals surface area contributed by atoms with Crippen molar-refractivity contribution in [1.29, 1.82) is 0 Å². The van der Waals surface area contributed by atoms with Crippen molar-refractivity contribution in [3.8, 4) is 0 Å². The second kappa shape index (κ2) is 14.1. The molecule has 0 spiro atoms. The van der Waals surface area contributed by atoms with Gasteiger partial charge < -0.3 is 15.4 Å². The molecule has 1 heterocycles. The number of anilines is 2. The molecule has 43 heavy (non-hydrogen) atoms. The Bertz CT molecular complexity index is 1620. The van der Waals surface area contributed by atoms with E-state index in [9.17, 15) is 14.4 Å². The molecule has 2 amide bonds. The van der Waals surface area contributed by atoms with Crippen LogP contribution in [0.15, 0.2) is 83.8 Å². The highest BCUT2D eigenvalue weighted by molar-refractivity contribution is 8.00. The molecule has 0 fully saturated rings. The fourth-order valence-corrected chi connectivity index (χ4v) is 7.75. The number of carbonyl (C=O) groups is 3. The van der Waals surface area contributed by atoms with E-state index >= 15 is 0 Å². The van der Waals surface area contributed by atoms with E-state index in [1.807, 2.05) is 62.4 Å². The number of carbonyl (C=O) groups excluding carboxylic acids is 3. The summed E-state index contributed by atoms with van der Waals surface area (Å²) >= 11 is 2.93. The average Bonchev–Trinajstić information content (AvgIpc) is 3.37. The van der Waals surface area contributed by atoms with Gasteiger partial charge in [0.1, 0.15) is 5.00 Å². The Labute approximate surface area is 261 Å². The zero-order chi connectivity index (χ0) is 30.3. The molecule has 2 atom stereocenters. The molecule has 2 N–H and O–H groups in total. The molecule has 1 aromatic heterocycles. The van der Waals surface area contributed by atoms with Crippen LogP contribution < -0.4 is 10.6 Å². The fraction of sp³-hybridized carbons (Fsp3) is 0.286. The molecular weight excluding hydrogens is 577 g/mol. The molecule has 4 aromatic rings. The highest BCUT2D eigenvalue weighted by Gasteiger charge is 2.32. The van der Waals surface area contributed by atoms with Crippen LogP contribution in [0, 0.1) is 6.92 Å². The SMILES string of the molecule is CCOC(=O)c1c(NC(=O)C(CC)Sc2cccc(NC(=O)c3cccc(C)c3)c2)sc2c1CCC(c1ccccc1)C2. The lowest BCUT2D eigenvalue weighted by atomic mass is 9.83. The Balaban J connectivity index is 1.31. The van der Waals surface area contributed by atoms with Gasteiger partial charge in [-0.05, 0) is 86.9 Å². The second-order valence-corrected chi connectivity index (χ2v) is 13.0. The van der Waals surface area contributed by atoms with Crippen molar-refractivity contribution in [2.24, 2.45) is 0 Å². The summed E-state index contributed by atoms with van der Waals surface area (Å²) in [4.78, 5) is 41.5. The van der Waals surface area contributed by atoms with Gasteiger partial charge in [0.2, 0.25) is 5.91 Å². The second-order valence-electron chi connectivity index (χ2n) is 10.6. The highest BCUT2D eigenvalue weighted by atomic mass is 32.2. The first-order valence-corrected chi connectivity index (χ1v) is 16.4. The number of hydrogen-bond acceptors (Lipinski definition) is 6. The topological polar surface area (TPSA) is 84.5 Å². The Hall–Kier alpha value is -3.88. The minimum atomic E-state index is -0.394. The number of aryl methyl sites for hydroxylation is 1. The van der Waals surface area contributed by atoms with E-state index in [4.69, 9.17) is 4.74 Å². The molecule has 0 saturated heterocycles. The van der Waals surface area contributed by atoms with Gasteiger partial charge in [-0.2, -0.15) is 0 Å². The van der Waals surface area contributed by atoms with Gasteiger partial charge in [-0.3, -0.25) is 9.59 Å². The van der Waals surface area contributed by atoms with Gasteiger partial charge in [0, 0.05) is 21.0 Å². The van der Waals surface area contributed by atoms with Crippen molar-refractivity contribution in [3.05, 3.63) is 112 Å². The predicted molar refractivity (Wildman–Crippen MR) is 176 cm³/mol. The van der Waals surface area contributed by atoms with Gasteiger partial charge in [-0.1, -0.05) is 61.0 Å². The third-order valence-corrected chi connectivity index (χ3v) is 10.1. The van der Waals surface area contributed by atoms with Gasteiger partial charge in [-0.25, -0.2) is 4.79 Å². The Morgan fingerprint density at radius 2 is 1.77 bits per heavy atom. The van der Waals surface area contributed by atoms with Crippen LogP contribution in [0.5, 0.6) is 0 Å². The van der Waals surface area contributed by atoms with E-state index in [0.717, 1.165) is 40.2 Å². The molecule has 6 nitrogen and oxygen atoms in total. The number of hydrogen-bond donors (Lipinski definition) is 2. The molecule has 5 rings (SSSR count). The number of amides is 2. The summed E-state index contributed by atoms with van der Waals surface area (Å²) < 4.78 is 5.43. The Morgan fingerprint density at radius 3 is 2.51 bits per heavy atom. The maximum atomic E-state index is 13.6. The van der Waals surface area contributed by atoms with Crippen molar-refractivity contribution < 1.29 is 19.1 Å². The van der Waals surface area contributed by atoms with Gasteiger partial charge in [-0.15, -0.1) is 23.1 Å². The maximum Gasteiger partial charge on any atom is 0.341 e. The van der Waals surface area contributed by atoms with Crippen molar-refractivity contribution in [2.45, 2.75) is 62.5 Å². The van der Waals surface area contributed by atoms with Crippen molar-refractivity contribution >= 4 is 51.6 Å². The molecule has 222 valence electrons. The average molecular weight is 613 g/mol. The largest absolute Gasteiger partial charge is 0.462 e. The van der Waals surface area contributed by atoms with E-state index in [0.29, 0.717) is 34.2 Å². The minimum Gasteiger partial charge on any atom is -0.462 e. The van der Waals surface area contributed by atoms with Gasteiger partial charge in [0.25, 0.3) is 5.91 Å². The number of ether oxygens (including phenoxy) is 1. The van der Waals surface area contributed by atoms with Crippen LogP contribution in [0.2, 0.25) is 0 Å². The van der Waals surface area contributed by atoms with Crippen LogP contribution in [0.3, 0.4) is 0 Å². The first kappa shape index (κ1) is 30.6. The smallest absolute Gasteiger partial charge is 0.341 e. The van der Waals surface area contributed by atoms with E-state index in [1.165, 1.54) is 28.7 Å². The van der Waals surface area contributed by atoms with Crippen molar-refractivity contribution in [3.63, 3.8) is 0 Å². The zero-order valence-corrected chi connectivity index (χ0v) is 26.3. The summed E-state index contributed by atoms with van der Waals surface area (Å²) in [5.74, 6) is -0.349. The highest BCUT2D eigenvalue weighted by Crippen LogP contribution is 2.43. The van der Waals surface area contributed by atoms with Crippen LogP contribution in [-0.2, 0) is 22.4 Å². The quantitative estimate of drug-likeness (QED) is 0.139. The number of esters is 1. The molecular formula is C35H36N2O4S2. The van der Waals surface area contributed by atoms with E-state index < -0.39 is 5.25 Å². The molecule has 0 aliphatic heterocycles. The zero-order valence-electron chi connectivity index (χ0n) is 24.6. The number of nitrogens with one attached hydrogen (secondary N) is 2. The molecule has 0 saturated carbocycles. The molecule has 0 bridgehead atoms. The molecule has 2 unspecified atom stereocenters. The lowest BCUT2D eigenvalue weighted by Gasteiger charge is -2.23. The van der Waals surface area contributed by atoms with Crippen LogP contribution >= 0.6 is 23.1 Å². The standard InChI is InChI=1S/C35H36N2O4S2/c1-4-29(42-27-16-10-15-26(21-27)36-32(38)25-14-9-11-22(3)19-25)33(39)37-34-31(35(40)41-5-2)28-18-17-24(20-30(28)43-34)23-12-7-6-8-13-23/h6-16,19,21,24,29H,4-5,17-18,20H2,1-3H3,(H,36,38)(H,37,39). The van der Waals surface area contributed by atoms with Gasteiger partial charge >= 0.3 is 5.97 Å². The normalized spacial score (nSPS) is 14.8. The summed E-state index contributed by atoms with van der Waals surface area (Å²) in [6, 6.07) is 25.4. The third kappa shape index (κ3) is 7.37. The number of rotatable bonds is 10. The molecule has 3 aromatic carbocycles. The summed E-state index contributed by atoms with van der Waals surface area (Å²) in [6.45, 7) is 5.98. The molecule has 8 heteroatoms. The van der Waals surface area contributed by atoms with Crippen LogP contribution in [0.4, 0.5) is 10.7 Å². The fourth-order valence-electron chi connectivity index (χ4n) is 5.42. The monoisotopic (exact) mass is 612 g/mol. The van der Waals surface area contributed by atoms with Crippen molar-refractivity contribution in [2.75, 3.05) is 17.2 Å². The number of thioether (sulfide) groups is 1. The summed E-state index contributed by atoms with van der Waals surface area (Å²) in [7, 11) is 0. The molecule has 1 aliphatic rings. The molecule has 1 aliphatic carbocycles. The maximum absolute atomic E-state index is 13.6. The van der Waals surface area contributed by atoms with Gasteiger partial charge in [0.15, 0.2) is 0 Å². The van der Waals surface area contributed by atoms with E-state index in [1.54, 1.807) is 13.0 Å². The Morgan fingerprint density at radius 1 is 0.977 bits per heavy atom. The summed E-state index contributed by atoms with van der Waals surface area (Å²) in [5.41, 5.74) is 5.07. The van der Waals surface area contributed by atoms with Crippen LogP contribution in [-0.4, -0.2) is 29.6 Å². The first-order valence-electron chi connectivity index (χ1n) is 14.7. The number of benzene rings is 3. The lowest BCUT2D eigenvalue weighted by Crippen LogP contribution is -2.25. The summed E-state index contributed by atoms with van der Waals surface area (Å²) in [6.07, 6.45) is 3.13. The van der Waals surface area contributed by atoms with Gasteiger partial charge in [0.05, 0.1) is 17.4 Å². The first-order chi connectivity index (χ1) is 20.9. The van der Waals surface area contributed by atoms with Crippen molar-refractivity contribution in [1.82, 2.24) is 0 Å².